The average Bonchev–Trinajstić information content (AvgIpc) is 2.80. The Balaban J connectivity index is 1.26. The smallest absolute Gasteiger partial charge is 0.246 e. The molecule has 2 aliphatic heterocycles. The van der Waals surface area contributed by atoms with E-state index in [2.05, 4.69) is 44.5 Å². The number of hydrogen-bond donors (Lipinski definition) is 2. The Morgan fingerprint density at radius 2 is 1.78 bits per heavy atom. The van der Waals surface area contributed by atoms with Gasteiger partial charge in [0.2, 0.25) is 5.88 Å². The second kappa shape index (κ2) is 8.79. The first kappa shape index (κ1) is 21.3. The molecule has 0 radical (unpaired) electrons. The van der Waals surface area contributed by atoms with Gasteiger partial charge in [-0.05, 0) is 56.9 Å². The lowest BCUT2D eigenvalue weighted by atomic mass is 9.78. The summed E-state index contributed by atoms with van der Waals surface area (Å²) in [6, 6.07) is 8.90. The van der Waals surface area contributed by atoms with E-state index in [1.807, 2.05) is 13.8 Å². The van der Waals surface area contributed by atoms with Crippen LogP contribution in [-0.2, 0) is 0 Å². The molecule has 7 heteroatoms. The van der Waals surface area contributed by atoms with E-state index >= 15 is 0 Å². The fourth-order valence-corrected chi connectivity index (χ4v) is 5.35. The first-order chi connectivity index (χ1) is 15.5. The lowest BCUT2D eigenvalue weighted by Crippen LogP contribution is -2.45. The quantitative estimate of drug-likeness (QED) is 0.765. The van der Waals surface area contributed by atoms with Gasteiger partial charge < -0.3 is 20.7 Å². The highest BCUT2D eigenvalue weighted by Gasteiger charge is 2.35. The monoisotopic (exact) mass is 434 g/mol. The standard InChI is InChI=1S/C25H34N6O/c1-25(2)22(30-21-23(26)28-16-29-24(21)32-25)20-9-7-19(8-10-20)18-5-3-17(4-6-18)15-31-13-11-27-12-14-31/h7-10,16-18,27H,3-6,11-15H2,1-2H3,(H2,26,28,29). The zero-order valence-corrected chi connectivity index (χ0v) is 19.2. The first-order valence-corrected chi connectivity index (χ1v) is 11.9. The van der Waals surface area contributed by atoms with Crippen molar-refractivity contribution in [3.8, 4) is 5.88 Å². The van der Waals surface area contributed by atoms with Crippen molar-refractivity contribution < 1.29 is 4.74 Å². The highest BCUT2D eigenvalue weighted by molar-refractivity contribution is 6.09. The predicted molar refractivity (Wildman–Crippen MR) is 128 cm³/mol. The number of aliphatic imine (C=N–C) groups is 1. The van der Waals surface area contributed by atoms with E-state index in [0.717, 1.165) is 30.3 Å². The number of fused-ring (bicyclic) bond motifs is 1. The van der Waals surface area contributed by atoms with E-state index in [1.165, 1.54) is 57.2 Å². The third-order valence-corrected chi connectivity index (χ3v) is 7.19. The van der Waals surface area contributed by atoms with E-state index in [-0.39, 0.29) is 0 Å². The van der Waals surface area contributed by atoms with Crippen LogP contribution in [-0.4, -0.2) is 58.9 Å². The molecule has 2 aromatic rings. The zero-order chi connectivity index (χ0) is 22.1. The van der Waals surface area contributed by atoms with Crippen LogP contribution in [0.1, 0.15) is 56.6 Å². The van der Waals surface area contributed by atoms with Crippen LogP contribution in [0.5, 0.6) is 5.88 Å². The molecular formula is C25H34N6O. The molecule has 3 aliphatic rings. The molecule has 32 heavy (non-hydrogen) atoms. The SMILES string of the molecule is CC1(C)Oc2ncnc(N)c2N=C1c1ccc(C2CCC(CN3CCNCC3)CC2)cc1. The summed E-state index contributed by atoms with van der Waals surface area (Å²) in [6.07, 6.45) is 6.65. The van der Waals surface area contributed by atoms with Crippen molar-refractivity contribution >= 4 is 17.2 Å². The molecule has 5 rings (SSSR count). The van der Waals surface area contributed by atoms with Crippen LogP contribution in [0.4, 0.5) is 11.5 Å². The minimum absolute atomic E-state index is 0.345. The van der Waals surface area contributed by atoms with Crippen molar-refractivity contribution in [3.63, 3.8) is 0 Å². The summed E-state index contributed by atoms with van der Waals surface area (Å²) in [5.41, 5.74) is 9.31. The molecule has 0 unspecified atom stereocenters. The molecular weight excluding hydrogens is 400 g/mol. The first-order valence-electron chi connectivity index (χ1n) is 11.9. The van der Waals surface area contributed by atoms with Gasteiger partial charge in [0, 0.05) is 38.3 Å². The van der Waals surface area contributed by atoms with E-state index in [9.17, 15) is 0 Å². The Hall–Kier alpha value is -2.51. The third-order valence-electron chi connectivity index (χ3n) is 7.19. The van der Waals surface area contributed by atoms with Gasteiger partial charge in [0.05, 0.1) is 5.71 Å². The Kier molecular flexibility index (Phi) is 5.86. The molecule has 1 aromatic carbocycles. The molecule has 1 aliphatic carbocycles. The minimum Gasteiger partial charge on any atom is -0.463 e. The second-order valence-electron chi connectivity index (χ2n) is 9.88. The van der Waals surface area contributed by atoms with Crippen molar-refractivity contribution in [2.75, 3.05) is 38.5 Å². The van der Waals surface area contributed by atoms with Crippen LogP contribution in [0.25, 0.3) is 0 Å². The van der Waals surface area contributed by atoms with Gasteiger partial charge in [0.1, 0.15) is 11.9 Å². The lowest BCUT2D eigenvalue weighted by molar-refractivity contribution is 0.171. The molecule has 7 nitrogen and oxygen atoms in total. The Bertz CT molecular complexity index is 972. The summed E-state index contributed by atoms with van der Waals surface area (Å²) in [5.74, 6) is 2.30. The van der Waals surface area contributed by atoms with Gasteiger partial charge in [-0.3, -0.25) is 0 Å². The van der Waals surface area contributed by atoms with Gasteiger partial charge in [0.25, 0.3) is 0 Å². The fraction of sp³-hybridized carbons (Fsp3) is 0.560. The van der Waals surface area contributed by atoms with Gasteiger partial charge in [0.15, 0.2) is 11.5 Å². The maximum absolute atomic E-state index is 6.12. The van der Waals surface area contributed by atoms with Crippen LogP contribution in [0, 0.1) is 5.92 Å². The highest BCUT2D eigenvalue weighted by Crippen LogP contribution is 2.40. The largest absolute Gasteiger partial charge is 0.463 e. The molecule has 3 heterocycles. The molecule has 0 atom stereocenters. The molecule has 2 fully saturated rings. The van der Waals surface area contributed by atoms with Crippen molar-refractivity contribution in [3.05, 3.63) is 41.7 Å². The number of nitrogens with two attached hydrogens (primary N) is 1. The Labute approximate surface area is 190 Å². The van der Waals surface area contributed by atoms with Crippen LogP contribution in [0.2, 0.25) is 0 Å². The summed E-state index contributed by atoms with van der Waals surface area (Å²) in [4.78, 5) is 15.7. The predicted octanol–water partition coefficient (Wildman–Crippen LogP) is 3.53. The Morgan fingerprint density at radius 1 is 1.06 bits per heavy atom. The summed E-state index contributed by atoms with van der Waals surface area (Å²) in [6.45, 7) is 9.99. The topological polar surface area (TPSA) is 88.7 Å². The maximum atomic E-state index is 6.12. The van der Waals surface area contributed by atoms with Crippen molar-refractivity contribution in [2.24, 2.45) is 10.9 Å². The van der Waals surface area contributed by atoms with Crippen molar-refractivity contribution in [1.29, 1.82) is 0 Å². The number of anilines is 1. The van der Waals surface area contributed by atoms with Gasteiger partial charge >= 0.3 is 0 Å². The van der Waals surface area contributed by atoms with Gasteiger partial charge in [-0.15, -0.1) is 0 Å². The number of nitrogens with zero attached hydrogens (tertiary/aromatic N) is 4. The molecule has 3 N–H and O–H groups in total. The number of nitrogens with one attached hydrogen (secondary N) is 1. The van der Waals surface area contributed by atoms with Crippen LogP contribution in [0.15, 0.2) is 35.6 Å². The zero-order valence-electron chi connectivity index (χ0n) is 19.2. The number of aromatic nitrogens is 2. The fourth-order valence-electron chi connectivity index (χ4n) is 5.35. The molecule has 1 aromatic heterocycles. The molecule has 0 amide bonds. The van der Waals surface area contributed by atoms with Crippen molar-refractivity contribution in [2.45, 2.75) is 51.0 Å². The highest BCUT2D eigenvalue weighted by atomic mass is 16.5. The number of hydrogen-bond acceptors (Lipinski definition) is 7. The molecule has 1 saturated carbocycles. The lowest BCUT2D eigenvalue weighted by Gasteiger charge is -2.35. The molecule has 0 spiro atoms. The normalized spacial score (nSPS) is 25.5. The number of rotatable bonds is 4. The van der Waals surface area contributed by atoms with E-state index in [4.69, 9.17) is 15.5 Å². The maximum Gasteiger partial charge on any atom is 0.246 e. The summed E-state index contributed by atoms with van der Waals surface area (Å²) in [5, 5.41) is 3.45. The molecule has 170 valence electrons. The number of benzene rings is 1. The van der Waals surface area contributed by atoms with Gasteiger partial charge in [-0.2, -0.15) is 4.98 Å². The van der Waals surface area contributed by atoms with E-state index in [1.54, 1.807) is 0 Å². The summed E-state index contributed by atoms with van der Waals surface area (Å²) in [7, 11) is 0. The Morgan fingerprint density at radius 3 is 2.50 bits per heavy atom. The summed E-state index contributed by atoms with van der Waals surface area (Å²) >= 11 is 0. The van der Waals surface area contributed by atoms with Gasteiger partial charge in [-0.25, -0.2) is 9.98 Å². The average molecular weight is 435 g/mol. The molecule has 1 saturated heterocycles. The number of piperazine rings is 1. The minimum atomic E-state index is -0.586. The van der Waals surface area contributed by atoms with Crippen LogP contribution in [0.3, 0.4) is 0 Å². The van der Waals surface area contributed by atoms with E-state index in [0.29, 0.717) is 23.3 Å². The van der Waals surface area contributed by atoms with Gasteiger partial charge in [-0.1, -0.05) is 24.3 Å². The molecule has 0 bridgehead atoms. The number of nitrogen functional groups attached to an aromatic ring is 1. The van der Waals surface area contributed by atoms with Crippen LogP contribution < -0.4 is 15.8 Å². The third kappa shape index (κ3) is 4.36. The summed E-state index contributed by atoms with van der Waals surface area (Å²) < 4.78 is 6.12. The van der Waals surface area contributed by atoms with E-state index < -0.39 is 5.60 Å². The second-order valence-corrected chi connectivity index (χ2v) is 9.88. The van der Waals surface area contributed by atoms with Crippen molar-refractivity contribution in [1.82, 2.24) is 20.2 Å². The number of ether oxygens (including phenoxy) is 1. The van der Waals surface area contributed by atoms with Crippen LogP contribution >= 0.6 is 0 Å².